The molecule has 4 nitrogen and oxygen atoms in total. The van der Waals surface area contributed by atoms with Crippen LogP contribution >= 0.6 is 23.4 Å². The van der Waals surface area contributed by atoms with Gasteiger partial charge in [0, 0.05) is 35.0 Å². The van der Waals surface area contributed by atoms with Crippen LogP contribution in [0.25, 0.3) is 5.70 Å². The third-order valence-corrected chi connectivity index (χ3v) is 8.07. The molecule has 0 spiro atoms. The molecular weight excluding hydrogens is 474 g/mol. The number of halogens is 1. The van der Waals surface area contributed by atoms with Crippen LogP contribution < -0.4 is 10.3 Å². The molecule has 0 radical (unpaired) electrons. The molecule has 2 aliphatic carbocycles. The number of nitrogens with zero attached hydrogens (tertiary/aromatic N) is 2. The van der Waals surface area contributed by atoms with Crippen LogP contribution in [0.1, 0.15) is 36.8 Å². The summed E-state index contributed by atoms with van der Waals surface area (Å²) < 4.78 is 0. The maximum Gasteiger partial charge on any atom is 0.124 e. The largest absolute Gasteiger partial charge is 0.354 e. The number of hydrogen-bond donors (Lipinski definition) is 1. The number of para-hydroxylation sites is 1. The number of carbonyl (C=O) groups excluding carboxylic acids is 1. The number of allylic oxidation sites excluding steroid dienone is 1. The van der Waals surface area contributed by atoms with Crippen molar-refractivity contribution < 1.29 is 4.79 Å². The predicted molar refractivity (Wildman–Crippen MR) is 149 cm³/mol. The van der Waals surface area contributed by atoms with E-state index in [0.29, 0.717) is 11.4 Å². The number of aldehydes is 1. The lowest BCUT2D eigenvalue weighted by molar-refractivity contribution is -0.107. The molecule has 3 aromatic rings. The number of nitrogens with one attached hydrogen (secondary N) is 1. The highest BCUT2D eigenvalue weighted by Crippen LogP contribution is 2.40. The fourth-order valence-electron chi connectivity index (χ4n) is 4.43. The zero-order chi connectivity index (χ0) is 24.2. The van der Waals surface area contributed by atoms with Crippen LogP contribution in [0.2, 0.25) is 5.02 Å². The average Bonchev–Trinajstić information content (AvgIpc) is 3.71. The van der Waals surface area contributed by atoms with Gasteiger partial charge in [-0.1, -0.05) is 29.8 Å². The molecule has 0 saturated heterocycles. The van der Waals surface area contributed by atoms with Crippen LogP contribution in [0.15, 0.2) is 82.3 Å². The minimum absolute atomic E-state index is 0.373. The van der Waals surface area contributed by atoms with Crippen molar-refractivity contribution >= 4 is 59.1 Å². The number of anilines is 3. The fourth-order valence-corrected chi connectivity index (χ4v) is 5.70. The van der Waals surface area contributed by atoms with E-state index in [1.807, 2.05) is 41.0 Å². The molecule has 6 heteroatoms. The molecule has 1 saturated carbocycles. The molecule has 0 amide bonds. The maximum absolute atomic E-state index is 11.6. The van der Waals surface area contributed by atoms with Crippen molar-refractivity contribution in [3.8, 4) is 0 Å². The second-order valence-corrected chi connectivity index (χ2v) is 10.5. The van der Waals surface area contributed by atoms with Crippen molar-refractivity contribution in [1.29, 1.82) is 0 Å². The van der Waals surface area contributed by atoms with Crippen LogP contribution in [-0.2, 0) is 11.2 Å². The summed E-state index contributed by atoms with van der Waals surface area (Å²) >= 11 is 8.29. The van der Waals surface area contributed by atoms with Gasteiger partial charge < -0.3 is 10.1 Å². The van der Waals surface area contributed by atoms with Gasteiger partial charge in [0.1, 0.15) is 6.29 Å². The Morgan fingerprint density at radius 2 is 1.89 bits per heavy atom. The Morgan fingerprint density at radius 1 is 1.09 bits per heavy atom. The van der Waals surface area contributed by atoms with E-state index in [2.05, 4.69) is 59.6 Å². The van der Waals surface area contributed by atoms with Crippen molar-refractivity contribution in [3.05, 3.63) is 88.5 Å². The number of fused-ring (bicyclic) bond motifs is 1. The molecule has 0 atom stereocenters. The van der Waals surface area contributed by atoms with Crippen molar-refractivity contribution in [3.63, 3.8) is 0 Å². The van der Waals surface area contributed by atoms with Gasteiger partial charge in [-0.05, 0) is 91.3 Å². The molecule has 0 heterocycles. The van der Waals surface area contributed by atoms with E-state index in [4.69, 9.17) is 11.6 Å². The fraction of sp³-hybridized carbons (Fsp3) is 0.241. The summed E-state index contributed by atoms with van der Waals surface area (Å²) in [4.78, 5) is 12.8. The molecule has 5 rings (SSSR count). The third kappa shape index (κ3) is 5.47. The van der Waals surface area contributed by atoms with Gasteiger partial charge in [-0.2, -0.15) is 5.10 Å². The van der Waals surface area contributed by atoms with Crippen molar-refractivity contribution in [2.75, 3.05) is 16.1 Å². The van der Waals surface area contributed by atoms with E-state index in [1.54, 1.807) is 0 Å². The maximum atomic E-state index is 11.6. The summed E-state index contributed by atoms with van der Waals surface area (Å²) in [5.74, 6) is 2.07. The zero-order valence-corrected chi connectivity index (χ0v) is 21.1. The third-order valence-electron chi connectivity index (χ3n) is 6.50. The van der Waals surface area contributed by atoms with Crippen molar-refractivity contribution in [2.24, 2.45) is 11.0 Å². The van der Waals surface area contributed by atoms with Gasteiger partial charge in [0.05, 0.1) is 22.1 Å². The molecule has 1 fully saturated rings. The van der Waals surface area contributed by atoms with Gasteiger partial charge in [-0.15, -0.1) is 11.8 Å². The van der Waals surface area contributed by atoms with Crippen LogP contribution in [0.3, 0.4) is 0 Å². The normalized spacial score (nSPS) is 14.9. The monoisotopic (exact) mass is 501 g/mol. The standard InChI is InChI=1S/C29H28ClN3OS/c1-31-33(24-12-14-25(15-13-24)35-19-20-6-7-20)29-22(16-17-34)9-8-21-10-11-23(18-26(21)29)32-28-5-3-2-4-27(28)30/h2-5,10-15,17-18,20,32H,1,6-9,16,19H2. The molecule has 35 heavy (non-hydrogen) atoms. The van der Waals surface area contributed by atoms with E-state index >= 15 is 0 Å². The van der Waals surface area contributed by atoms with E-state index in [1.165, 1.54) is 29.1 Å². The van der Waals surface area contributed by atoms with E-state index in [9.17, 15) is 4.79 Å². The molecule has 0 unspecified atom stereocenters. The highest BCUT2D eigenvalue weighted by atomic mass is 35.5. The summed E-state index contributed by atoms with van der Waals surface area (Å²) in [6, 6.07) is 22.5. The Labute approximate surface area is 216 Å². The molecule has 178 valence electrons. The topological polar surface area (TPSA) is 44.7 Å². The summed E-state index contributed by atoms with van der Waals surface area (Å²) in [5.41, 5.74) is 7.01. The summed E-state index contributed by atoms with van der Waals surface area (Å²) in [5, 5.41) is 10.4. The Morgan fingerprint density at radius 3 is 2.60 bits per heavy atom. The minimum atomic E-state index is 0.373. The Hall–Kier alpha value is -3.02. The van der Waals surface area contributed by atoms with E-state index in [0.717, 1.165) is 58.9 Å². The van der Waals surface area contributed by atoms with Crippen LogP contribution in [-0.4, -0.2) is 18.8 Å². The second kappa shape index (κ2) is 10.7. The van der Waals surface area contributed by atoms with Gasteiger partial charge in [-0.25, -0.2) is 5.01 Å². The predicted octanol–water partition coefficient (Wildman–Crippen LogP) is 7.95. The number of hydrazone groups is 1. The van der Waals surface area contributed by atoms with E-state index in [-0.39, 0.29) is 0 Å². The van der Waals surface area contributed by atoms with Crippen LogP contribution in [0.5, 0.6) is 0 Å². The number of carbonyl (C=O) groups is 1. The zero-order valence-electron chi connectivity index (χ0n) is 19.5. The smallest absolute Gasteiger partial charge is 0.124 e. The number of benzene rings is 3. The minimum Gasteiger partial charge on any atom is -0.354 e. The number of aryl methyl sites for hydroxylation is 1. The molecule has 0 aliphatic heterocycles. The Bertz CT molecular complexity index is 1270. The lowest BCUT2D eigenvalue weighted by Gasteiger charge is -2.30. The highest BCUT2D eigenvalue weighted by Gasteiger charge is 2.25. The number of rotatable bonds is 10. The number of hydrogen-bond acceptors (Lipinski definition) is 5. The van der Waals surface area contributed by atoms with E-state index < -0.39 is 0 Å². The van der Waals surface area contributed by atoms with Crippen LogP contribution in [0.4, 0.5) is 17.1 Å². The summed E-state index contributed by atoms with van der Waals surface area (Å²) in [7, 11) is 0. The highest BCUT2D eigenvalue weighted by molar-refractivity contribution is 7.99. The summed E-state index contributed by atoms with van der Waals surface area (Å²) in [6.07, 6.45) is 5.78. The van der Waals surface area contributed by atoms with Gasteiger partial charge in [0.15, 0.2) is 0 Å². The van der Waals surface area contributed by atoms with Gasteiger partial charge in [-0.3, -0.25) is 0 Å². The first kappa shape index (κ1) is 23.7. The molecule has 0 bridgehead atoms. The lowest BCUT2D eigenvalue weighted by atomic mass is 9.87. The van der Waals surface area contributed by atoms with Crippen molar-refractivity contribution in [1.82, 2.24) is 0 Å². The molecule has 1 N–H and O–H groups in total. The molecule has 3 aromatic carbocycles. The molecular formula is C29H28ClN3OS. The average molecular weight is 502 g/mol. The first-order chi connectivity index (χ1) is 17.2. The van der Waals surface area contributed by atoms with Gasteiger partial charge in [0.25, 0.3) is 0 Å². The summed E-state index contributed by atoms with van der Waals surface area (Å²) in [6.45, 7) is 3.89. The van der Waals surface area contributed by atoms with Crippen LogP contribution in [0, 0.1) is 5.92 Å². The van der Waals surface area contributed by atoms with Crippen molar-refractivity contribution in [2.45, 2.75) is 37.0 Å². The lowest BCUT2D eigenvalue weighted by Crippen LogP contribution is -2.20. The van der Waals surface area contributed by atoms with Gasteiger partial charge >= 0.3 is 0 Å². The second-order valence-electron chi connectivity index (χ2n) is 9.00. The first-order valence-corrected chi connectivity index (χ1v) is 13.3. The SMILES string of the molecule is C=NN(C1=C(CC=O)CCc2ccc(Nc3ccccc3Cl)cc21)c1ccc(SCC2CC2)cc1. The quantitative estimate of drug-likeness (QED) is 0.132. The molecule has 2 aliphatic rings. The Kier molecular flexibility index (Phi) is 7.26. The first-order valence-electron chi connectivity index (χ1n) is 12.0. The van der Waals surface area contributed by atoms with Gasteiger partial charge in [0.2, 0.25) is 0 Å². The Balaban J connectivity index is 1.49. The number of thioether (sulfide) groups is 1. The molecule has 0 aromatic heterocycles.